The Morgan fingerprint density at radius 1 is 0.861 bits per heavy atom. The van der Waals surface area contributed by atoms with Crippen LogP contribution in [0.15, 0.2) is 65.8 Å². The molecule has 0 atom stereocenters. The van der Waals surface area contributed by atoms with E-state index in [4.69, 9.17) is 23.7 Å². The third-order valence-corrected chi connectivity index (χ3v) is 4.94. The van der Waals surface area contributed by atoms with Crippen LogP contribution < -0.4 is 29.1 Å². The zero-order valence-electron chi connectivity index (χ0n) is 20.6. The minimum Gasteiger partial charge on any atom is -0.493 e. The van der Waals surface area contributed by atoms with Crippen LogP contribution in [0.25, 0.3) is 0 Å². The molecule has 3 aromatic rings. The molecule has 36 heavy (non-hydrogen) atoms. The van der Waals surface area contributed by atoms with Crippen molar-refractivity contribution in [3.8, 4) is 28.7 Å². The van der Waals surface area contributed by atoms with Gasteiger partial charge in [0.25, 0.3) is 5.91 Å². The number of para-hydroxylation sites is 1. The summed E-state index contributed by atoms with van der Waals surface area (Å²) in [6, 6.07) is 17.1. The summed E-state index contributed by atoms with van der Waals surface area (Å²) in [5, 5.41) is 3.96. The molecule has 0 aromatic heterocycles. The minimum atomic E-state index is -0.584. The Morgan fingerprint density at radius 3 is 2.33 bits per heavy atom. The van der Waals surface area contributed by atoms with E-state index in [0.717, 1.165) is 5.56 Å². The van der Waals surface area contributed by atoms with Gasteiger partial charge >= 0.3 is 5.97 Å². The number of benzene rings is 3. The van der Waals surface area contributed by atoms with Crippen LogP contribution in [0.1, 0.15) is 28.4 Å². The van der Waals surface area contributed by atoms with Gasteiger partial charge in [0.05, 0.1) is 32.6 Å². The lowest BCUT2D eigenvalue weighted by Gasteiger charge is -2.12. The molecule has 0 saturated heterocycles. The summed E-state index contributed by atoms with van der Waals surface area (Å²) in [4.78, 5) is 24.7. The largest absolute Gasteiger partial charge is 0.493 e. The molecule has 9 nitrogen and oxygen atoms in total. The fraction of sp³-hybridized carbons (Fsp3) is 0.222. The summed E-state index contributed by atoms with van der Waals surface area (Å²) < 4.78 is 27.1. The zero-order valence-corrected chi connectivity index (χ0v) is 20.6. The molecule has 0 aliphatic carbocycles. The van der Waals surface area contributed by atoms with Crippen molar-refractivity contribution in [1.29, 1.82) is 0 Å². The normalized spacial score (nSPS) is 10.6. The van der Waals surface area contributed by atoms with Crippen molar-refractivity contribution in [2.75, 3.05) is 27.4 Å². The molecule has 0 aliphatic rings. The van der Waals surface area contributed by atoms with Gasteiger partial charge in [0, 0.05) is 0 Å². The number of ether oxygens (including phenoxy) is 5. The van der Waals surface area contributed by atoms with Crippen molar-refractivity contribution in [3.05, 3.63) is 77.4 Å². The van der Waals surface area contributed by atoms with Crippen LogP contribution in [0.4, 0.5) is 0 Å². The maximum absolute atomic E-state index is 12.7. The average molecular weight is 493 g/mol. The number of hydrogen-bond acceptors (Lipinski definition) is 8. The number of hydrazone groups is 1. The van der Waals surface area contributed by atoms with Gasteiger partial charge in [-0.2, -0.15) is 5.10 Å². The van der Waals surface area contributed by atoms with Crippen LogP contribution in [-0.2, 0) is 4.79 Å². The molecular formula is C27H28N2O7. The lowest BCUT2D eigenvalue weighted by molar-refractivity contribution is -0.123. The molecule has 0 unspecified atom stereocenters. The van der Waals surface area contributed by atoms with Crippen LogP contribution in [0, 0.1) is 6.92 Å². The number of esters is 1. The Balaban J connectivity index is 1.63. The van der Waals surface area contributed by atoms with Crippen molar-refractivity contribution in [2.24, 2.45) is 5.10 Å². The molecule has 0 fully saturated rings. The maximum atomic E-state index is 12.7. The lowest BCUT2D eigenvalue weighted by Crippen LogP contribution is -2.24. The SMILES string of the molecule is CCOc1cc(C=NNC(=O)COc2ccccc2C)ccc1OC(=O)c1ccc(OC)c(OC)c1. The van der Waals surface area contributed by atoms with Crippen molar-refractivity contribution in [2.45, 2.75) is 13.8 Å². The Bertz CT molecular complexity index is 1240. The summed E-state index contributed by atoms with van der Waals surface area (Å²) >= 11 is 0. The van der Waals surface area contributed by atoms with E-state index >= 15 is 0 Å². The van der Waals surface area contributed by atoms with Crippen molar-refractivity contribution < 1.29 is 33.3 Å². The Labute approximate surface area is 209 Å². The van der Waals surface area contributed by atoms with Crippen molar-refractivity contribution >= 4 is 18.1 Å². The highest BCUT2D eigenvalue weighted by molar-refractivity contribution is 5.92. The molecule has 3 rings (SSSR count). The average Bonchev–Trinajstić information content (AvgIpc) is 2.89. The third-order valence-electron chi connectivity index (χ3n) is 4.94. The molecule has 0 spiro atoms. The monoisotopic (exact) mass is 492 g/mol. The van der Waals surface area contributed by atoms with Crippen molar-refractivity contribution in [3.63, 3.8) is 0 Å². The fourth-order valence-electron chi connectivity index (χ4n) is 3.15. The van der Waals surface area contributed by atoms with E-state index in [2.05, 4.69) is 10.5 Å². The second-order valence-corrected chi connectivity index (χ2v) is 7.45. The molecule has 188 valence electrons. The van der Waals surface area contributed by atoms with Crippen LogP contribution in [0.2, 0.25) is 0 Å². The molecule has 0 bridgehead atoms. The number of nitrogens with zero attached hydrogens (tertiary/aromatic N) is 1. The van der Waals surface area contributed by atoms with Gasteiger partial charge in [-0.25, -0.2) is 10.2 Å². The van der Waals surface area contributed by atoms with Gasteiger partial charge in [-0.05, 0) is 67.4 Å². The first-order chi connectivity index (χ1) is 17.4. The van der Waals surface area contributed by atoms with Crippen LogP contribution in [-0.4, -0.2) is 45.5 Å². The summed E-state index contributed by atoms with van der Waals surface area (Å²) in [5.74, 6) is 1.15. The van der Waals surface area contributed by atoms with E-state index in [1.54, 1.807) is 36.4 Å². The molecule has 0 radical (unpaired) electrons. The van der Waals surface area contributed by atoms with E-state index in [0.29, 0.717) is 35.2 Å². The molecule has 9 heteroatoms. The van der Waals surface area contributed by atoms with E-state index in [1.807, 2.05) is 32.0 Å². The number of nitrogens with one attached hydrogen (secondary N) is 1. The number of rotatable bonds is 11. The van der Waals surface area contributed by atoms with Crippen LogP contribution >= 0.6 is 0 Å². The van der Waals surface area contributed by atoms with E-state index in [9.17, 15) is 9.59 Å². The predicted molar refractivity (Wildman–Crippen MR) is 135 cm³/mol. The number of carbonyl (C=O) groups is 2. The molecule has 3 aromatic carbocycles. The van der Waals surface area contributed by atoms with Gasteiger partial charge in [0.15, 0.2) is 29.6 Å². The van der Waals surface area contributed by atoms with E-state index in [-0.39, 0.29) is 17.9 Å². The first-order valence-corrected chi connectivity index (χ1v) is 11.2. The Morgan fingerprint density at radius 2 is 1.61 bits per heavy atom. The van der Waals surface area contributed by atoms with Gasteiger partial charge in [-0.15, -0.1) is 0 Å². The first-order valence-electron chi connectivity index (χ1n) is 11.2. The number of methoxy groups -OCH3 is 2. The van der Waals surface area contributed by atoms with E-state index in [1.165, 1.54) is 26.5 Å². The standard InChI is InChI=1S/C27H28N2O7/c1-5-34-25-14-19(16-28-29-26(30)17-35-21-9-7-6-8-18(21)2)10-12-23(25)36-27(31)20-11-13-22(32-3)24(15-20)33-4/h6-16H,5,17H2,1-4H3,(H,29,30). The minimum absolute atomic E-state index is 0.169. The maximum Gasteiger partial charge on any atom is 0.343 e. The topological polar surface area (TPSA) is 105 Å². The highest BCUT2D eigenvalue weighted by atomic mass is 16.6. The lowest BCUT2D eigenvalue weighted by atomic mass is 10.2. The van der Waals surface area contributed by atoms with Gasteiger partial charge in [0.2, 0.25) is 0 Å². The quantitative estimate of drug-likeness (QED) is 0.185. The Kier molecular flexibility index (Phi) is 9.27. The highest BCUT2D eigenvalue weighted by Crippen LogP contribution is 2.31. The molecule has 0 saturated carbocycles. The molecule has 0 aliphatic heterocycles. The summed E-state index contributed by atoms with van der Waals surface area (Å²) in [7, 11) is 3.00. The van der Waals surface area contributed by atoms with Gasteiger partial charge < -0.3 is 23.7 Å². The predicted octanol–water partition coefficient (Wildman–Crippen LogP) is 4.16. The summed E-state index contributed by atoms with van der Waals surface area (Å²) in [6.45, 7) is 3.90. The summed E-state index contributed by atoms with van der Waals surface area (Å²) in [6.07, 6.45) is 1.45. The van der Waals surface area contributed by atoms with Gasteiger partial charge in [-0.3, -0.25) is 4.79 Å². The van der Waals surface area contributed by atoms with Gasteiger partial charge in [0.1, 0.15) is 5.75 Å². The smallest absolute Gasteiger partial charge is 0.343 e. The first kappa shape index (κ1) is 26.1. The molecule has 1 amide bonds. The number of aryl methyl sites for hydroxylation is 1. The Hall–Kier alpha value is -4.53. The fourth-order valence-corrected chi connectivity index (χ4v) is 3.15. The molecule has 0 heterocycles. The van der Waals surface area contributed by atoms with E-state index < -0.39 is 11.9 Å². The molecule has 1 N–H and O–H groups in total. The third kappa shape index (κ3) is 6.99. The van der Waals surface area contributed by atoms with Crippen LogP contribution in [0.3, 0.4) is 0 Å². The second kappa shape index (κ2) is 12.8. The second-order valence-electron chi connectivity index (χ2n) is 7.45. The van der Waals surface area contributed by atoms with Crippen molar-refractivity contribution in [1.82, 2.24) is 5.43 Å². The van der Waals surface area contributed by atoms with Gasteiger partial charge in [-0.1, -0.05) is 18.2 Å². The highest BCUT2D eigenvalue weighted by Gasteiger charge is 2.16. The molecular weight excluding hydrogens is 464 g/mol. The van der Waals surface area contributed by atoms with Crippen LogP contribution in [0.5, 0.6) is 28.7 Å². The number of carbonyl (C=O) groups excluding carboxylic acids is 2. The summed E-state index contributed by atoms with van der Waals surface area (Å²) in [5.41, 5.74) is 4.27. The zero-order chi connectivity index (χ0) is 25.9. The number of hydrogen-bond donors (Lipinski definition) is 1. The number of amides is 1.